The van der Waals surface area contributed by atoms with Gasteiger partial charge in [0.2, 0.25) is 5.91 Å². The van der Waals surface area contributed by atoms with Gasteiger partial charge in [-0.05, 0) is 38.4 Å². The molecular formula is C15H22N2O2. The van der Waals surface area contributed by atoms with Crippen molar-refractivity contribution in [2.24, 2.45) is 0 Å². The van der Waals surface area contributed by atoms with E-state index in [2.05, 4.69) is 10.6 Å². The Kier molecular flexibility index (Phi) is 5.21. The Bertz CT molecular complexity index is 388. The lowest BCUT2D eigenvalue weighted by molar-refractivity contribution is -0.124. The van der Waals surface area contributed by atoms with Crippen LogP contribution in [0, 0.1) is 0 Å². The van der Waals surface area contributed by atoms with Crippen molar-refractivity contribution < 1.29 is 9.53 Å². The fraction of sp³-hybridized carbons (Fsp3) is 0.533. The van der Waals surface area contributed by atoms with Gasteiger partial charge >= 0.3 is 0 Å². The first-order valence-electron chi connectivity index (χ1n) is 6.98. The summed E-state index contributed by atoms with van der Waals surface area (Å²) in [6, 6.07) is 9.63. The number of carbonyl (C=O) groups excluding carboxylic acids is 1. The molecule has 0 saturated carbocycles. The molecule has 1 amide bonds. The van der Waals surface area contributed by atoms with Crippen molar-refractivity contribution in [3.05, 3.63) is 30.3 Å². The first kappa shape index (κ1) is 13.9. The van der Waals surface area contributed by atoms with Gasteiger partial charge in [-0.25, -0.2) is 0 Å². The molecule has 0 bridgehead atoms. The summed E-state index contributed by atoms with van der Waals surface area (Å²) < 4.78 is 5.72. The quantitative estimate of drug-likeness (QED) is 0.849. The highest BCUT2D eigenvalue weighted by Gasteiger charge is 2.20. The first-order chi connectivity index (χ1) is 9.25. The second kappa shape index (κ2) is 7.14. The third-order valence-electron chi connectivity index (χ3n) is 3.27. The molecule has 0 spiro atoms. The summed E-state index contributed by atoms with van der Waals surface area (Å²) in [5.74, 6) is 0.920. The Morgan fingerprint density at radius 1 is 1.42 bits per heavy atom. The van der Waals surface area contributed by atoms with Gasteiger partial charge in [-0.2, -0.15) is 0 Å². The maximum atomic E-state index is 11.9. The lowest BCUT2D eigenvalue weighted by Crippen LogP contribution is -2.48. The SMILES string of the molecule is CC(CNC(=O)C1CCCCN1)Oc1ccccc1. The highest BCUT2D eigenvalue weighted by atomic mass is 16.5. The third-order valence-corrected chi connectivity index (χ3v) is 3.27. The van der Waals surface area contributed by atoms with Crippen molar-refractivity contribution in [3.63, 3.8) is 0 Å². The summed E-state index contributed by atoms with van der Waals surface area (Å²) in [4.78, 5) is 11.9. The van der Waals surface area contributed by atoms with Crippen LogP contribution in [0.15, 0.2) is 30.3 Å². The smallest absolute Gasteiger partial charge is 0.237 e. The van der Waals surface area contributed by atoms with E-state index >= 15 is 0 Å². The van der Waals surface area contributed by atoms with Crippen LogP contribution in [0.4, 0.5) is 0 Å². The molecule has 1 aliphatic heterocycles. The predicted molar refractivity (Wildman–Crippen MR) is 75.2 cm³/mol. The molecule has 0 radical (unpaired) electrons. The predicted octanol–water partition coefficient (Wildman–Crippen LogP) is 1.71. The van der Waals surface area contributed by atoms with Crippen molar-refractivity contribution in [1.82, 2.24) is 10.6 Å². The van der Waals surface area contributed by atoms with Gasteiger partial charge in [0.25, 0.3) is 0 Å². The molecule has 0 aromatic heterocycles. The molecule has 1 aromatic rings. The topological polar surface area (TPSA) is 50.4 Å². The standard InChI is InChI=1S/C15H22N2O2/c1-12(19-13-7-3-2-4-8-13)11-17-15(18)14-9-5-6-10-16-14/h2-4,7-8,12,14,16H,5-6,9-11H2,1H3,(H,17,18). The van der Waals surface area contributed by atoms with Gasteiger partial charge in [-0.3, -0.25) is 4.79 Å². The third kappa shape index (κ3) is 4.56. The molecule has 4 heteroatoms. The average Bonchev–Trinajstić information content (AvgIpc) is 2.47. The number of hydrogen-bond acceptors (Lipinski definition) is 3. The maximum Gasteiger partial charge on any atom is 0.237 e. The number of amides is 1. The first-order valence-corrected chi connectivity index (χ1v) is 6.98. The van der Waals surface area contributed by atoms with Crippen molar-refractivity contribution in [1.29, 1.82) is 0 Å². The van der Waals surface area contributed by atoms with E-state index in [4.69, 9.17) is 4.74 Å². The van der Waals surface area contributed by atoms with Crippen molar-refractivity contribution in [3.8, 4) is 5.75 Å². The molecule has 0 aliphatic carbocycles. The number of rotatable bonds is 5. The Morgan fingerprint density at radius 2 is 2.21 bits per heavy atom. The second-order valence-electron chi connectivity index (χ2n) is 4.99. The molecule has 2 rings (SSSR count). The normalized spacial score (nSPS) is 20.6. The maximum absolute atomic E-state index is 11.9. The number of piperidine rings is 1. The molecule has 1 aromatic carbocycles. The van der Waals surface area contributed by atoms with Crippen LogP contribution in [0.1, 0.15) is 26.2 Å². The van der Waals surface area contributed by atoms with Crippen LogP contribution in [0.5, 0.6) is 5.75 Å². The van der Waals surface area contributed by atoms with E-state index in [1.807, 2.05) is 37.3 Å². The fourth-order valence-electron chi connectivity index (χ4n) is 2.22. The van der Waals surface area contributed by atoms with Gasteiger partial charge in [0.15, 0.2) is 0 Å². The Hall–Kier alpha value is -1.55. The summed E-state index contributed by atoms with van der Waals surface area (Å²) in [6.45, 7) is 3.43. The summed E-state index contributed by atoms with van der Waals surface area (Å²) >= 11 is 0. The number of ether oxygens (including phenoxy) is 1. The Balaban J connectivity index is 1.71. The molecule has 19 heavy (non-hydrogen) atoms. The minimum Gasteiger partial charge on any atom is -0.489 e. The van der Waals surface area contributed by atoms with Gasteiger partial charge < -0.3 is 15.4 Å². The van der Waals surface area contributed by atoms with E-state index < -0.39 is 0 Å². The molecule has 4 nitrogen and oxygen atoms in total. The second-order valence-corrected chi connectivity index (χ2v) is 4.99. The number of para-hydroxylation sites is 1. The lowest BCUT2D eigenvalue weighted by atomic mass is 10.0. The van der Waals surface area contributed by atoms with Crippen LogP contribution in [-0.4, -0.2) is 31.1 Å². The number of carbonyl (C=O) groups is 1. The fourth-order valence-corrected chi connectivity index (χ4v) is 2.22. The highest BCUT2D eigenvalue weighted by molar-refractivity contribution is 5.81. The highest BCUT2D eigenvalue weighted by Crippen LogP contribution is 2.10. The zero-order valence-corrected chi connectivity index (χ0v) is 11.4. The molecule has 1 saturated heterocycles. The average molecular weight is 262 g/mol. The van der Waals surface area contributed by atoms with Crippen LogP contribution in [-0.2, 0) is 4.79 Å². The summed E-state index contributed by atoms with van der Waals surface area (Å²) in [7, 11) is 0. The summed E-state index contributed by atoms with van der Waals surface area (Å²) in [5, 5.41) is 6.19. The largest absolute Gasteiger partial charge is 0.489 e. The minimum absolute atomic E-state index is 0.0299. The molecular weight excluding hydrogens is 240 g/mol. The monoisotopic (exact) mass is 262 g/mol. The molecule has 1 aliphatic rings. The van der Waals surface area contributed by atoms with Gasteiger partial charge in [-0.1, -0.05) is 24.6 Å². The molecule has 1 fully saturated rings. The number of benzene rings is 1. The van der Waals surface area contributed by atoms with Crippen LogP contribution in [0.3, 0.4) is 0 Å². The zero-order valence-electron chi connectivity index (χ0n) is 11.4. The van der Waals surface area contributed by atoms with Crippen LogP contribution in [0.2, 0.25) is 0 Å². The van der Waals surface area contributed by atoms with Gasteiger partial charge in [0, 0.05) is 0 Å². The summed E-state index contributed by atoms with van der Waals surface area (Å²) in [6.07, 6.45) is 3.19. The molecule has 104 valence electrons. The zero-order chi connectivity index (χ0) is 13.5. The summed E-state index contributed by atoms with van der Waals surface area (Å²) in [5.41, 5.74) is 0. The van der Waals surface area contributed by atoms with E-state index in [0.29, 0.717) is 6.54 Å². The Morgan fingerprint density at radius 3 is 2.89 bits per heavy atom. The van der Waals surface area contributed by atoms with Crippen molar-refractivity contribution >= 4 is 5.91 Å². The number of hydrogen-bond donors (Lipinski definition) is 2. The molecule has 1 heterocycles. The minimum atomic E-state index is -0.0325. The van der Waals surface area contributed by atoms with Gasteiger partial charge in [0.1, 0.15) is 11.9 Å². The molecule has 2 unspecified atom stereocenters. The van der Waals surface area contributed by atoms with Crippen LogP contribution >= 0.6 is 0 Å². The lowest BCUT2D eigenvalue weighted by Gasteiger charge is -2.23. The van der Waals surface area contributed by atoms with Gasteiger partial charge in [-0.15, -0.1) is 0 Å². The molecule has 2 N–H and O–H groups in total. The number of nitrogens with one attached hydrogen (secondary N) is 2. The van der Waals surface area contributed by atoms with E-state index in [9.17, 15) is 4.79 Å². The van der Waals surface area contributed by atoms with E-state index in [0.717, 1.165) is 31.6 Å². The van der Waals surface area contributed by atoms with E-state index in [-0.39, 0.29) is 18.1 Å². The van der Waals surface area contributed by atoms with Crippen LogP contribution in [0.25, 0.3) is 0 Å². The van der Waals surface area contributed by atoms with Crippen LogP contribution < -0.4 is 15.4 Å². The van der Waals surface area contributed by atoms with E-state index in [1.165, 1.54) is 0 Å². The van der Waals surface area contributed by atoms with Crippen molar-refractivity contribution in [2.45, 2.75) is 38.3 Å². The van der Waals surface area contributed by atoms with Crippen molar-refractivity contribution in [2.75, 3.05) is 13.1 Å². The van der Waals surface area contributed by atoms with E-state index in [1.54, 1.807) is 0 Å². The Labute approximate surface area is 114 Å². The van der Waals surface area contributed by atoms with Gasteiger partial charge in [0.05, 0.1) is 12.6 Å². The molecule has 2 atom stereocenters.